The van der Waals surface area contributed by atoms with Gasteiger partial charge < -0.3 is 10.6 Å². The number of hydrogen-bond acceptors (Lipinski definition) is 4. The predicted molar refractivity (Wildman–Crippen MR) is 91.9 cm³/mol. The SMILES string of the molecule is N[C@@H](CC(=O)N1CCN2C(=O)CCC(=O)N2CC1)Cc1cc(F)c(F)cc1F. The summed E-state index contributed by atoms with van der Waals surface area (Å²) in [5.41, 5.74) is 5.81. The van der Waals surface area contributed by atoms with Crippen molar-refractivity contribution in [2.24, 2.45) is 5.73 Å². The van der Waals surface area contributed by atoms with Gasteiger partial charge in [0.25, 0.3) is 0 Å². The summed E-state index contributed by atoms with van der Waals surface area (Å²) in [6, 6.07) is 0.400. The van der Waals surface area contributed by atoms with Crippen LogP contribution in [0, 0.1) is 17.5 Å². The number of nitrogens with two attached hydrogens (primary N) is 1. The number of carbonyl (C=O) groups is 3. The zero-order valence-electron chi connectivity index (χ0n) is 15.2. The van der Waals surface area contributed by atoms with E-state index in [4.69, 9.17) is 5.73 Å². The number of amides is 3. The fourth-order valence-corrected chi connectivity index (χ4v) is 3.45. The zero-order valence-corrected chi connectivity index (χ0v) is 15.2. The van der Waals surface area contributed by atoms with Crippen LogP contribution in [0.3, 0.4) is 0 Å². The average Bonchev–Trinajstić information content (AvgIpc) is 2.87. The summed E-state index contributed by atoms with van der Waals surface area (Å²) in [4.78, 5) is 38.0. The summed E-state index contributed by atoms with van der Waals surface area (Å²) in [5.74, 6) is -4.00. The lowest BCUT2D eigenvalue weighted by molar-refractivity contribution is -0.169. The third-order valence-corrected chi connectivity index (χ3v) is 4.94. The average molecular weight is 398 g/mol. The fraction of sp³-hybridized carbons (Fsp3) is 0.500. The van der Waals surface area contributed by atoms with E-state index in [2.05, 4.69) is 0 Å². The molecule has 0 aromatic heterocycles. The second-order valence-corrected chi connectivity index (χ2v) is 6.94. The van der Waals surface area contributed by atoms with Crippen molar-refractivity contribution in [1.82, 2.24) is 14.9 Å². The van der Waals surface area contributed by atoms with Crippen molar-refractivity contribution in [3.05, 3.63) is 35.1 Å². The molecular formula is C18H21F3N4O3. The first-order valence-corrected chi connectivity index (χ1v) is 9.03. The normalized spacial score (nSPS) is 18.8. The standard InChI is InChI=1S/C18H21F3N4O3/c19-13-10-15(21)14(20)8-11(13)7-12(22)9-18(28)23-3-5-24-16(26)1-2-17(27)25(24)6-4-23/h8,10,12H,1-7,9,22H2/t12-/m1/s1. The highest BCUT2D eigenvalue weighted by molar-refractivity contribution is 5.89. The van der Waals surface area contributed by atoms with E-state index in [0.717, 1.165) is 6.07 Å². The molecule has 0 aliphatic carbocycles. The van der Waals surface area contributed by atoms with Crippen LogP contribution in [0.15, 0.2) is 12.1 Å². The molecule has 0 unspecified atom stereocenters. The third-order valence-electron chi connectivity index (χ3n) is 4.94. The number of hydrogen-bond donors (Lipinski definition) is 1. The molecule has 3 amide bonds. The van der Waals surface area contributed by atoms with Gasteiger partial charge in [-0.1, -0.05) is 0 Å². The molecule has 0 saturated carbocycles. The Hall–Kier alpha value is -2.62. The van der Waals surface area contributed by atoms with Crippen LogP contribution in [0.4, 0.5) is 13.2 Å². The molecule has 2 aliphatic rings. The minimum Gasteiger partial charge on any atom is -0.339 e. The molecule has 0 radical (unpaired) electrons. The van der Waals surface area contributed by atoms with Crippen LogP contribution in [0.5, 0.6) is 0 Å². The van der Waals surface area contributed by atoms with Gasteiger partial charge in [-0.2, -0.15) is 0 Å². The van der Waals surface area contributed by atoms with Crippen molar-refractivity contribution in [1.29, 1.82) is 0 Å². The minimum absolute atomic E-state index is 0.102. The Kier molecular flexibility index (Phi) is 5.87. The van der Waals surface area contributed by atoms with Crippen molar-refractivity contribution in [2.75, 3.05) is 26.2 Å². The highest BCUT2D eigenvalue weighted by atomic mass is 19.2. The van der Waals surface area contributed by atoms with Crippen molar-refractivity contribution in [2.45, 2.75) is 31.7 Å². The fourth-order valence-electron chi connectivity index (χ4n) is 3.45. The summed E-state index contributed by atoms with van der Waals surface area (Å²) in [6.07, 6.45) is 0.0695. The Balaban J connectivity index is 1.59. The molecule has 3 rings (SSSR count). The van der Waals surface area contributed by atoms with Gasteiger partial charge in [-0.15, -0.1) is 0 Å². The molecule has 152 valence electrons. The molecular weight excluding hydrogens is 377 g/mol. The van der Waals surface area contributed by atoms with E-state index < -0.39 is 23.5 Å². The molecule has 2 N–H and O–H groups in total. The second kappa shape index (κ2) is 8.17. The van der Waals surface area contributed by atoms with E-state index in [9.17, 15) is 27.6 Å². The molecule has 7 nitrogen and oxygen atoms in total. The molecule has 2 fully saturated rings. The maximum absolute atomic E-state index is 13.7. The number of fused-ring (bicyclic) bond motifs is 1. The van der Waals surface area contributed by atoms with Crippen LogP contribution in [0.2, 0.25) is 0 Å². The van der Waals surface area contributed by atoms with Crippen molar-refractivity contribution < 1.29 is 27.6 Å². The monoisotopic (exact) mass is 398 g/mol. The van der Waals surface area contributed by atoms with Crippen molar-refractivity contribution >= 4 is 17.7 Å². The molecule has 1 atom stereocenters. The Morgan fingerprint density at radius 2 is 1.46 bits per heavy atom. The maximum atomic E-state index is 13.7. The quantitative estimate of drug-likeness (QED) is 0.752. The van der Waals surface area contributed by atoms with Crippen LogP contribution in [-0.4, -0.2) is 64.9 Å². The molecule has 10 heteroatoms. The van der Waals surface area contributed by atoms with Crippen molar-refractivity contribution in [3.8, 4) is 0 Å². The van der Waals surface area contributed by atoms with Gasteiger partial charge in [-0.25, -0.2) is 23.2 Å². The summed E-state index contributed by atoms with van der Waals surface area (Å²) >= 11 is 0. The van der Waals surface area contributed by atoms with E-state index >= 15 is 0 Å². The van der Waals surface area contributed by atoms with Gasteiger partial charge >= 0.3 is 0 Å². The van der Waals surface area contributed by atoms with Crippen molar-refractivity contribution in [3.63, 3.8) is 0 Å². The molecule has 0 spiro atoms. The molecule has 2 heterocycles. The van der Waals surface area contributed by atoms with Gasteiger partial charge in [0.2, 0.25) is 17.7 Å². The topological polar surface area (TPSA) is 87.0 Å². The van der Waals surface area contributed by atoms with E-state index in [1.165, 1.54) is 14.9 Å². The number of carbonyl (C=O) groups excluding carboxylic acids is 3. The summed E-state index contributed by atoms with van der Waals surface area (Å²) in [5, 5.41) is 2.74. The maximum Gasteiger partial charge on any atom is 0.241 e. The molecule has 1 aromatic carbocycles. The minimum atomic E-state index is -1.29. The van der Waals surface area contributed by atoms with Gasteiger partial charge in [-0.3, -0.25) is 14.4 Å². The van der Waals surface area contributed by atoms with Crippen LogP contribution < -0.4 is 5.73 Å². The van der Waals surface area contributed by atoms with E-state index in [1.54, 1.807) is 0 Å². The van der Waals surface area contributed by atoms with E-state index in [1.807, 2.05) is 0 Å². The summed E-state index contributed by atoms with van der Waals surface area (Å²) in [6.45, 7) is 0.925. The van der Waals surface area contributed by atoms with Crippen LogP contribution >= 0.6 is 0 Å². The lowest BCUT2D eigenvalue weighted by atomic mass is 10.0. The van der Waals surface area contributed by atoms with Gasteiger partial charge in [0, 0.05) is 44.5 Å². The molecule has 0 bridgehead atoms. The number of rotatable bonds is 4. The number of nitrogens with zero attached hydrogens (tertiary/aromatic N) is 3. The predicted octanol–water partition coefficient (Wildman–Crippen LogP) is 0.572. The number of benzene rings is 1. The Morgan fingerprint density at radius 3 is 2.04 bits per heavy atom. The largest absolute Gasteiger partial charge is 0.339 e. The Bertz CT molecular complexity index is 779. The zero-order chi connectivity index (χ0) is 20.4. The Morgan fingerprint density at radius 1 is 0.929 bits per heavy atom. The lowest BCUT2D eigenvalue weighted by Gasteiger charge is -2.36. The highest BCUT2D eigenvalue weighted by Gasteiger charge is 2.34. The lowest BCUT2D eigenvalue weighted by Crippen LogP contribution is -2.53. The van der Waals surface area contributed by atoms with Gasteiger partial charge in [0.05, 0.1) is 13.1 Å². The highest BCUT2D eigenvalue weighted by Crippen LogP contribution is 2.18. The summed E-state index contributed by atoms with van der Waals surface area (Å²) < 4.78 is 40.0. The first kappa shape index (κ1) is 20.1. The smallest absolute Gasteiger partial charge is 0.241 e. The second-order valence-electron chi connectivity index (χ2n) is 6.94. The van der Waals surface area contributed by atoms with E-state index in [0.29, 0.717) is 6.07 Å². The first-order valence-electron chi connectivity index (χ1n) is 9.03. The number of halogens is 3. The molecule has 2 aliphatic heterocycles. The Labute approximate surface area is 159 Å². The van der Waals surface area contributed by atoms with Gasteiger partial charge in [-0.05, 0) is 18.1 Å². The summed E-state index contributed by atoms with van der Waals surface area (Å²) in [7, 11) is 0. The van der Waals surface area contributed by atoms with Crippen LogP contribution in [0.25, 0.3) is 0 Å². The first-order chi connectivity index (χ1) is 13.3. The van der Waals surface area contributed by atoms with Gasteiger partial charge in [0.15, 0.2) is 11.6 Å². The molecule has 1 aromatic rings. The van der Waals surface area contributed by atoms with Crippen LogP contribution in [-0.2, 0) is 20.8 Å². The third kappa shape index (κ3) is 4.27. The van der Waals surface area contributed by atoms with Gasteiger partial charge in [0.1, 0.15) is 5.82 Å². The number of hydrazine groups is 1. The van der Waals surface area contributed by atoms with Crippen LogP contribution in [0.1, 0.15) is 24.8 Å². The van der Waals surface area contributed by atoms with E-state index in [-0.39, 0.29) is 75.1 Å². The molecule has 2 saturated heterocycles. The molecule has 28 heavy (non-hydrogen) atoms.